The van der Waals surface area contributed by atoms with Crippen molar-refractivity contribution in [2.24, 2.45) is 0 Å². The Hall–Kier alpha value is -3.39. The molecule has 0 radical (unpaired) electrons. The highest BCUT2D eigenvalue weighted by Gasteiger charge is 2.28. The highest BCUT2D eigenvalue weighted by molar-refractivity contribution is 6.33. The van der Waals surface area contributed by atoms with E-state index in [9.17, 15) is 18.8 Å². The molecule has 2 aromatic carbocycles. The van der Waals surface area contributed by atoms with Crippen molar-refractivity contribution >= 4 is 35.5 Å². The summed E-state index contributed by atoms with van der Waals surface area (Å²) >= 11 is 6.32. The van der Waals surface area contributed by atoms with Crippen molar-refractivity contribution in [1.29, 1.82) is 0 Å². The van der Waals surface area contributed by atoms with Crippen molar-refractivity contribution in [2.75, 3.05) is 6.61 Å². The van der Waals surface area contributed by atoms with Gasteiger partial charge in [-0.2, -0.15) is 0 Å². The van der Waals surface area contributed by atoms with Crippen LogP contribution in [-0.2, 0) is 16.2 Å². The SMILES string of the molecule is CCOc1cc(C=C2C(=O)NC(=O)NC2=O)cc(Cl)c1OCc1cccc(F)c1. The van der Waals surface area contributed by atoms with Crippen LogP contribution in [0.3, 0.4) is 0 Å². The van der Waals surface area contributed by atoms with Crippen LogP contribution >= 0.6 is 11.6 Å². The number of barbiturate groups is 1. The molecule has 0 unspecified atom stereocenters. The van der Waals surface area contributed by atoms with E-state index in [4.69, 9.17) is 21.1 Å². The summed E-state index contributed by atoms with van der Waals surface area (Å²) in [5, 5.41) is 4.16. The summed E-state index contributed by atoms with van der Waals surface area (Å²) < 4.78 is 24.6. The molecule has 4 amide bonds. The van der Waals surface area contributed by atoms with Crippen molar-refractivity contribution in [1.82, 2.24) is 10.6 Å². The van der Waals surface area contributed by atoms with Crippen LogP contribution in [0.25, 0.3) is 6.08 Å². The Labute approximate surface area is 170 Å². The molecular formula is C20H16ClFN2O5. The van der Waals surface area contributed by atoms with Gasteiger partial charge in [0.25, 0.3) is 11.8 Å². The summed E-state index contributed by atoms with van der Waals surface area (Å²) in [5.41, 5.74) is 0.748. The van der Waals surface area contributed by atoms with Gasteiger partial charge in [0.15, 0.2) is 11.5 Å². The van der Waals surface area contributed by atoms with Gasteiger partial charge < -0.3 is 9.47 Å². The maximum absolute atomic E-state index is 13.3. The smallest absolute Gasteiger partial charge is 0.328 e. The summed E-state index contributed by atoms with van der Waals surface area (Å²) in [6, 6.07) is 8.09. The minimum atomic E-state index is -0.883. The average molecular weight is 419 g/mol. The van der Waals surface area contributed by atoms with E-state index in [2.05, 4.69) is 0 Å². The lowest BCUT2D eigenvalue weighted by Crippen LogP contribution is -2.51. The van der Waals surface area contributed by atoms with Gasteiger partial charge in [0.1, 0.15) is 18.0 Å². The van der Waals surface area contributed by atoms with Crippen LogP contribution in [0.15, 0.2) is 42.0 Å². The molecule has 150 valence electrons. The van der Waals surface area contributed by atoms with Crippen LogP contribution in [0.1, 0.15) is 18.1 Å². The Morgan fingerprint density at radius 2 is 1.79 bits per heavy atom. The maximum atomic E-state index is 13.3. The minimum Gasteiger partial charge on any atom is -0.490 e. The zero-order valence-electron chi connectivity index (χ0n) is 15.3. The van der Waals surface area contributed by atoms with Gasteiger partial charge in [0.05, 0.1) is 11.6 Å². The van der Waals surface area contributed by atoms with Gasteiger partial charge in [-0.05, 0) is 48.4 Å². The molecule has 1 aliphatic heterocycles. The highest BCUT2D eigenvalue weighted by atomic mass is 35.5. The molecule has 1 heterocycles. The Morgan fingerprint density at radius 3 is 2.45 bits per heavy atom. The van der Waals surface area contributed by atoms with Crippen LogP contribution in [0.5, 0.6) is 11.5 Å². The van der Waals surface area contributed by atoms with Crippen LogP contribution in [0, 0.1) is 5.82 Å². The van der Waals surface area contributed by atoms with Gasteiger partial charge in [0.2, 0.25) is 0 Å². The van der Waals surface area contributed by atoms with Gasteiger partial charge in [-0.3, -0.25) is 20.2 Å². The predicted octanol–water partition coefficient (Wildman–Crippen LogP) is 3.21. The van der Waals surface area contributed by atoms with Crippen LogP contribution in [0.2, 0.25) is 5.02 Å². The highest BCUT2D eigenvalue weighted by Crippen LogP contribution is 2.38. The Kier molecular flexibility index (Phi) is 6.13. The Balaban J connectivity index is 1.90. The number of amides is 4. The number of imide groups is 2. The number of carbonyl (C=O) groups is 3. The summed E-state index contributed by atoms with van der Waals surface area (Å²) in [4.78, 5) is 34.9. The van der Waals surface area contributed by atoms with E-state index >= 15 is 0 Å². The van der Waals surface area contributed by atoms with Crippen LogP contribution < -0.4 is 20.1 Å². The lowest BCUT2D eigenvalue weighted by Gasteiger charge is -2.16. The van der Waals surface area contributed by atoms with Crippen molar-refractivity contribution in [3.63, 3.8) is 0 Å². The van der Waals surface area contributed by atoms with Gasteiger partial charge in [0, 0.05) is 0 Å². The summed E-state index contributed by atoms with van der Waals surface area (Å²) in [7, 11) is 0. The molecule has 0 bridgehead atoms. The van der Waals surface area contributed by atoms with Gasteiger partial charge in [-0.1, -0.05) is 23.7 Å². The van der Waals surface area contributed by atoms with E-state index in [-0.39, 0.29) is 34.5 Å². The molecule has 3 rings (SSSR count). The second-order valence-corrected chi connectivity index (χ2v) is 6.38. The first-order valence-electron chi connectivity index (χ1n) is 8.59. The molecule has 2 aromatic rings. The van der Waals surface area contributed by atoms with Crippen LogP contribution in [0.4, 0.5) is 9.18 Å². The molecule has 1 fully saturated rings. The number of rotatable bonds is 6. The minimum absolute atomic E-state index is 0.0604. The van der Waals surface area contributed by atoms with E-state index in [1.807, 2.05) is 10.6 Å². The summed E-state index contributed by atoms with van der Waals surface area (Å²) in [6.07, 6.45) is 1.28. The van der Waals surface area contributed by atoms with Crippen LogP contribution in [-0.4, -0.2) is 24.5 Å². The van der Waals surface area contributed by atoms with Gasteiger partial charge >= 0.3 is 6.03 Å². The molecule has 1 saturated heterocycles. The zero-order valence-corrected chi connectivity index (χ0v) is 16.0. The lowest BCUT2D eigenvalue weighted by atomic mass is 10.1. The van der Waals surface area contributed by atoms with Crippen molar-refractivity contribution in [3.8, 4) is 11.5 Å². The first-order valence-corrected chi connectivity index (χ1v) is 8.97. The molecule has 9 heteroatoms. The monoisotopic (exact) mass is 418 g/mol. The predicted molar refractivity (Wildman–Crippen MR) is 103 cm³/mol. The third-order valence-electron chi connectivity index (χ3n) is 3.86. The van der Waals surface area contributed by atoms with Crippen molar-refractivity contribution in [3.05, 3.63) is 63.9 Å². The molecule has 7 nitrogen and oxygen atoms in total. The largest absolute Gasteiger partial charge is 0.490 e. The number of urea groups is 1. The number of hydrogen-bond acceptors (Lipinski definition) is 5. The molecule has 0 atom stereocenters. The average Bonchev–Trinajstić information content (AvgIpc) is 2.64. The number of hydrogen-bond donors (Lipinski definition) is 2. The molecule has 0 aromatic heterocycles. The summed E-state index contributed by atoms with van der Waals surface area (Å²) in [5.74, 6) is -1.49. The second-order valence-electron chi connectivity index (χ2n) is 5.98. The van der Waals surface area contributed by atoms with E-state index in [1.54, 1.807) is 25.1 Å². The quantitative estimate of drug-likeness (QED) is 0.555. The fraction of sp³-hybridized carbons (Fsp3) is 0.150. The van der Waals surface area contributed by atoms with E-state index in [1.165, 1.54) is 24.3 Å². The standard InChI is InChI=1S/C20H16ClFN2O5/c1-2-28-16-9-12(7-14-18(25)23-20(27)24-19(14)26)8-15(21)17(16)29-10-11-4-3-5-13(22)6-11/h3-9H,2,10H2,1H3,(H2,23,24,25,26,27). The molecule has 1 aliphatic rings. The maximum Gasteiger partial charge on any atom is 0.328 e. The topological polar surface area (TPSA) is 93.7 Å². The molecule has 2 N–H and O–H groups in total. The fourth-order valence-corrected chi connectivity index (χ4v) is 2.90. The van der Waals surface area contributed by atoms with E-state index < -0.39 is 17.8 Å². The summed E-state index contributed by atoms with van der Waals surface area (Å²) in [6.45, 7) is 2.14. The third kappa shape index (κ3) is 4.91. The van der Waals surface area contributed by atoms with Gasteiger partial charge in [-0.25, -0.2) is 9.18 Å². The fourth-order valence-electron chi connectivity index (χ4n) is 2.63. The van der Waals surface area contributed by atoms with Crippen molar-refractivity contribution in [2.45, 2.75) is 13.5 Å². The first-order chi connectivity index (χ1) is 13.9. The lowest BCUT2D eigenvalue weighted by molar-refractivity contribution is -0.123. The number of halogens is 2. The molecule has 29 heavy (non-hydrogen) atoms. The van der Waals surface area contributed by atoms with Crippen molar-refractivity contribution < 1.29 is 28.2 Å². The molecule has 0 saturated carbocycles. The number of benzene rings is 2. The number of ether oxygens (including phenoxy) is 2. The Morgan fingerprint density at radius 1 is 1.07 bits per heavy atom. The Bertz CT molecular complexity index is 1000. The number of carbonyl (C=O) groups excluding carboxylic acids is 3. The normalized spacial score (nSPS) is 13.6. The van der Waals surface area contributed by atoms with Gasteiger partial charge in [-0.15, -0.1) is 0 Å². The number of nitrogens with one attached hydrogen (secondary N) is 2. The zero-order chi connectivity index (χ0) is 21.0. The van der Waals surface area contributed by atoms with E-state index in [0.29, 0.717) is 17.7 Å². The molecular weight excluding hydrogens is 403 g/mol. The first kappa shape index (κ1) is 20.3. The molecule has 0 spiro atoms. The van der Waals surface area contributed by atoms with E-state index in [0.717, 1.165) is 0 Å². The third-order valence-corrected chi connectivity index (χ3v) is 4.14. The molecule has 0 aliphatic carbocycles. The second kappa shape index (κ2) is 8.74.